The van der Waals surface area contributed by atoms with Crippen LogP contribution in [0, 0.1) is 24.5 Å². The van der Waals surface area contributed by atoms with Gasteiger partial charge in [-0.05, 0) is 94.5 Å². The van der Waals surface area contributed by atoms with E-state index in [4.69, 9.17) is 28.4 Å². The third-order valence-corrected chi connectivity index (χ3v) is 12.7. The fourth-order valence-corrected chi connectivity index (χ4v) is 9.42. The zero-order chi connectivity index (χ0) is 51.5. The lowest BCUT2D eigenvalue weighted by Crippen LogP contribution is -2.68. The van der Waals surface area contributed by atoms with Gasteiger partial charge in [-0.25, -0.2) is 18.6 Å². The Morgan fingerprint density at radius 3 is 2.00 bits per heavy atom. The predicted molar refractivity (Wildman–Crippen MR) is 241 cm³/mol. The number of nitrogens with zero attached hydrogens (tertiary/aromatic N) is 6. The highest BCUT2D eigenvalue weighted by atomic mass is 19.4. The smallest absolute Gasteiger partial charge is 0.427 e. The van der Waals surface area contributed by atoms with E-state index < -0.39 is 135 Å². The van der Waals surface area contributed by atoms with E-state index in [1.807, 2.05) is 0 Å². The number of hydrogen-bond acceptors (Lipinski definition) is 13. The number of rotatable bonds is 12. The van der Waals surface area contributed by atoms with Gasteiger partial charge in [0.1, 0.15) is 51.9 Å². The summed E-state index contributed by atoms with van der Waals surface area (Å²) in [7, 11) is 4.04. The number of fused-ring (bicyclic) bond motifs is 5. The van der Waals surface area contributed by atoms with Crippen LogP contribution in [-0.2, 0) is 33.5 Å². The van der Waals surface area contributed by atoms with Gasteiger partial charge in [0.2, 0.25) is 12.0 Å². The molecule has 0 aliphatic carbocycles. The van der Waals surface area contributed by atoms with Crippen LogP contribution in [0.3, 0.4) is 0 Å². The third kappa shape index (κ3) is 9.93. The molecule has 1 amide bonds. The molecule has 5 heterocycles. The summed E-state index contributed by atoms with van der Waals surface area (Å²) in [5.41, 5.74) is -6.10. The van der Waals surface area contributed by atoms with Gasteiger partial charge in [-0.15, -0.1) is 0 Å². The summed E-state index contributed by atoms with van der Waals surface area (Å²) in [4.78, 5) is 42.7. The normalized spacial score (nSPS) is 19.1. The van der Waals surface area contributed by atoms with Crippen molar-refractivity contribution in [1.29, 1.82) is 0 Å². The number of aromatic nitrogens is 3. The molecule has 3 aliphatic rings. The number of carbonyl (C=O) groups excluding carboxylic acids is 2. The summed E-state index contributed by atoms with van der Waals surface area (Å²) >= 11 is 0. The van der Waals surface area contributed by atoms with Crippen molar-refractivity contribution in [2.24, 2.45) is 5.92 Å². The molecule has 5 aromatic rings. The summed E-state index contributed by atoms with van der Waals surface area (Å²) in [6, 6.07) is 9.46. The van der Waals surface area contributed by atoms with Gasteiger partial charge in [0, 0.05) is 25.2 Å². The van der Waals surface area contributed by atoms with E-state index in [-0.39, 0.29) is 32.5 Å². The maximum absolute atomic E-state index is 17.8. The number of piperazine rings is 1. The number of benzene rings is 3. The Morgan fingerprint density at radius 1 is 0.859 bits per heavy atom. The number of esters is 1. The molecule has 22 heteroatoms. The predicted octanol–water partition coefficient (Wildman–Crippen LogP) is 9.99. The van der Waals surface area contributed by atoms with Crippen molar-refractivity contribution in [3.05, 3.63) is 88.5 Å². The largest absolute Gasteiger partial charge is 0.497 e. The molecule has 2 bridgehead atoms. The third-order valence-electron chi connectivity index (χ3n) is 12.7. The highest BCUT2D eigenvalue weighted by Crippen LogP contribution is 2.51. The second-order valence-electron chi connectivity index (χ2n) is 18.6. The molecule has 2 aromatic heterocycles. The number of pyridine rings is 1. The first-order valence-electron chi connectivity index (χ1n) is 22.5. The zero-order valence-corrected chi connectivity index (χ0v) is 39.8. The summed E-state index contributed by atoms with van der Waals surface area (Å²) in [6.07, 6.45) is -14.1. The minimum absolute atomic E-state index is 0.0365. The summed E-state index contributed by atoms with van der Waals surface area (Å²) < 4.78 is 161. The molecule has 0 radical (unpaired) electrons. The van der Waals surface area contributed by atoms with Gasteiger partial charge in [-0.3, -0.25) is 9.69 Å². The molecule has 0 saturated carbocycles. The minimum Gasteiger partial charge on any atom is -0.497 e. The first kappa shape index (κ1) is 50.5. The molecular weight excluding hydrogens is 953 g/mol. The summed E-state index contributed by atoms with van der Waals surface area (Å²) in [5, 5.41) is -0.547. The average Bonchev–Trinajstić information content (AvgIpc) is 3.55. The molecule has 0 unspecified atom stereocenters. The quantitative estimate of drug-likeness (QED) is 0.0867. The summed E-state index contributed by atoms with van der Waals surface area (Å²) in [5.74, 6) is -5.00. The first-order valence-corrected chi connectivity index (χ1v) is 22.5. The maximum atomic E-state index is 17.8. The lowest BCUT2D eigenvalue weighted by molar-refractivity contribution is -0.206. The Morgan fingerprint density at radius 2 is 1.46 bits per heavy atom. The topological polar surface area (TPSA) is 138 Å². The highest BCUT2D eigenvalue weighted by Gasteiger charge is 2.61. The average molecular weight is 1000 g/mol. The van der Waals surface area contributed by atoms with Crippen molar-refractivity contribution in [2.45, 2.75) is 103 Å². The molecule has 2 fully saturated rings. The van der Waals surface area contributed by atoms with Crippen molar-refractivity contribution in [2.75, 3.05) is 44.3 Å². The highest BCUT2D eigenvalue weighted by molar-refractivity contribution is 5.98. The van der Waals surface area contributed by atoms with Gasteiger partial charge in [0.25, 0.3) is 0 Å². The van der Waals surface area contributed by atoms with Crippen LogP contribution in [0.15, 0.2) is 54.6 Å². The van der Waals surface area contributed by atoms with Gasteiger partial charge in [0.05, 0.1) is 56.6 Å². The molecule has 380 valence electrons. The summed E-state index contributed by atoms with van der Waals surface area (Å²) in [6.45, 7) is 6.03. The Hall–Kier alpha value is -6.87. The lowest BCUT2D eigenvalue weighted by atomic mass is 9.95. The Balaban J connectivity index is 1.37. The molecule has 2 saturated heterocycles. The van der Waals surface area contributed by atoms with Crippen molar-refractivity contribution >= 4 is 34.5 Å². The molecule has 3 aromatic carbocycles. The van der Waals surface area contributed by atoms with Crippen LogP contribution < -0.4 is 28.7 Å². The van der Waals surface area contributed by atoms with E-state index in [9.17, 15) is 9.59 Å². The van der Waals surface area contributed by atoms with Crippen molar-refractivity contribution in [3.8, 4) is 34.6 Å². The second kappa shape index (κ2) is 19.0. The zero-order valence-electron chi connectivity index (χ0n) is 39.8. The molecule has 5 atom stereocenters. The van der Waals surface area contributed by atoms with E-state index in [1.54, 1.807) is 69.3 Å². The standard InChI is InChI=1S/C49H50F8N6O8/c1-24(44(64)68-8)23-69-45-59-39-34-42(60-45)62-22-28-13-18-32(63(28)46(65)71-47(3,4)5)40(62)41(49(55,56)57)70-43(34)58-38(37(39)51)31-19-33(36(50)25(2)35(31)48(52,53)54)61(20-26-9-14-29(66-6)15-10-26)21-27-11-16-30(67-7)17-12-27/h9-12,14-17,19,24,28,32,40-41H,13,18,20-23H2,1-8H3/t24-,28-,32+,40+,41-/m1/s1. The van der Waals surface area contributed by atoms with E-state index in [1.165, 1.54) is 35.8 Å². The van der Waals surface area contributed by atoms with Crippen LogP contribution in [-0.4, -0.2) is 102 Å². The van der Waals surface area contributed by atoms with Gasteiger partial charge >= 0.3 is 30.4 Å². The van der Waals surface area contributed by atoms with Crippen molar-refractivity contribution < 1.29 is 73.1 Å². The molecule has 8 rings (SSSR count). The number of ether oxygens (including phenoxy) is 6. The number of halogens is 8. The number of anilines is 2. The molecular formula is C49H50F8N6O8. The molecule has 71 heavy (non-hydrogen) atoms. The van der Waals surface area contributed by atoms with Crippen LogP contribution in [0.4, 0.5) is 51.4 Å². The number of hydrogen-bond donors (Lipinski definition) is 0. The molecule has 3 aliphatic heterocycles. The van der Waals surface area contributed by atoms with Crippen molar-refractivity contribution in [3.63, 3.8) is 0 Å². The van der Waals surface area contributed by atoms with E-state index >= 15 is 35.1 Å². The molecule has 0 N–H and O–H groups in total. The van der Waals surface area contributed by atoms with Crippen LogP contribution in [0.2, 0.25) is 0 Å². The van der Waals surface area contributed by atoms with Crippen LogP contribution in [0.1, 0.15) is 62.8 Å². The maximum Gasteiger partial charge on any atom is 0.427 e. The molecule has 14 nitrogen and oxygen atoms in total. The second-order valence-corrected chi connectivity index (χ2v) is 18.6. The first-order chi connectivity index (χ1) is 33.4. The Bertz CT molecular complexity index is 2780. The number of methoxy groups -OCH3 is 3. The Labute approximate surface area is 402 Å². The van der Waals surface area contributed by atoms with Crippen LogP contribution >= 0.6 is 0 Å². The van der Waals surface area contributed by atoms with Gasteiger partial charge in [-0.1, -0.05) is 24.3 Å². The SMILES string of the molecule is COC(=O)[C@H](C)COc1nc2c3c(nc(-c4cc(N(Cc5ccc(OC)cc5)Cc5ccc(OC)cc5)c(F)c(C)c4C(F)(F)F)c(F)c3n1)O[C@@H](C(F)(F)F)[C@@H]1[C@@H]3CC[C@H](CN21)N3C(=O)OC(C)(C)C. The number of alkyl halides is 6. The molecule has 0 spiro atoms. The monoisotopic (exact) mass is 1000 g/mol. The number of carbonyl (C=O) groups is 2. The van der Waals surface area contributed by atoms with E-state index in [0.29, 0.717) is 22.6 Å². The van der Waals surface area contributed by atoms with Gasteiger partial charge < -0.3 is 38.2 Å². The van der Waals surface area contributed by atoms with Gasteiger partial charge in [0.15, 0.2) is 5.82 Å². The van der Waals surface area contributed by atoms with Crippen LogP contribution in [0.5, 0.6) is 23.4 Å². The van der Waals surface area contributed by atoms with Gasteiger partial charge in [-0.2, -0.15) is 36.3 Å². The van der Waals surface area contributed by atoms with Crippen molar-refractivity contribution in [1.82, 2.24) is 19.9 Å². The Kier molecular flexibility index (Phi) is 13.5. The van der Waals surface area contributed by atoms with Crippen LogP contribution in [0.25, 0.3) is 22.2 Å². The minimum atomic E-state index is -5.40. The lowest BCUT2D eigenvalue weighted by Gasteiger charge is -2.48. The van der Waals surface area contributed by atoms with E-state index in [0.717, 1.165) is 20.1 Å². The fraction of sp³-hybridized carbons (Fsp3) is 0.449. The fourth-order valence-electron chi connectivity index (χ4n) is 9.42. The number of amides is 1. The van der Waals surface area contributed by atoms with E-state index in [2.05, 4.69) is 15.0 Å².